The summed E-state index contributed by atoms with van der Waals surface area (Å²) in [5.41, 5.74) is 2.42. The Labute approximate surface area is 167 Å². The van der Waals surface area contributed by atoms with Crippen LogP contribution < -0.4 is 4.74 Å². The van der Waals surface area contributed by atoms with E-state index in [9.17, 15) is 9.59 Å². The largest absolute Gasteiger partial charge is 0.481 e. The average molecular weight is 392 g/mol. The summed E-state index contributed by atoms with van der Waals surface area (Å²) in [6.45, 7) is 9.89. The fourth-order valence-corrected chi connectivity index (χ4v) is 3.55. The van der Waals surface area contributed by atoms with Crippen LogP contribution in [0.25, 0.3) is 0 Å². The normalized spacial score (nSPS) is 18.4. The minimum absolute atomic E-state index is 0.0565. The van der Waals surface area contributed by atoms with Crippen molar-refractivity contribution >= 4 is 11.9 Å². The van der Waals surface area contributed by atoms with Crippen molar-refractivity contribution in [3.05, 3.63) is 29.3 Å². The molecule has 156 valence electrons. The zero-order valence-corrected chi connectivity index (χ0v) is 17.5. The van der Waals surface area contributed by atoms with Crippen molar-refractivity contribution in [2.75, 3.05) is 39.8 Å². The Morgan fingerprint density at radius 2 is 2.07 bits per heavy atom. The molecule has 2 rings (SSSR count). The quantitative estimate of drug-likeness (QED) is 0.730. The number of benzene rings is 1. The van der Waals surface area contributed by atoms with Crippen molar-refractivity contribution in [3.8, 4) is 5.75 Å². The third-order valence-corrected chi connectivity index (χ3v) is 4.89. The molecule has 2 unspecified atom stereocenters. The van der Waals surface area contributed by atoms with Crippen molar-refractivity contribution in [2.24, 2.45) is 0 Å². The van der Waals surface area contributed by atoms with Gasteiger partial charge < -0.3 is 19.5 Å². The number of amides is 1. The lowest BCUT2D eigenvalue weighted by molar-refractivity contribution is -0.147. The summed E-state index contributed by atoms with van der Waals surface area (Å²) in [6, 6.07) is 5.94. The van der Waals surface area contributed by atoms with E-state index in [4.69, 9.17) is 14.6 Å². The number of carbonyl (C=O) groups excluding carboxylic acids is 1. The molecule has 1 N–H and O–H groups in total. The highest BCUT2D eigenvalue weighted by Gasteiger charge is 2.29. The molecule has 28 heavy (non-hydrogen) atoms. The maximum atomic E-state index is 12.8. The molecule has 1 amide bonds. The summed E-state index contributed by atoms with van der Waals surface area (Å²) in [4.78, 5) is 27.0. The lowest BCUT2D eigenvalue weighted by atomic mass is 9.98. The van der Waals surface area contributed by atoms with Crippen LogP contribution in [0.15, 0.2) is 18.2 Å². The predicted molar refractivity (Wildman–Crippen MR) is 107 cm³/mol. The number of ether oxygens (including phenoxy) is 2. The summed E-state index contributed by atoms with van der Waals surface area (Å²) >= 11 is 0. The monoisotopic (exact) mass is 392 g/mol. The summed E-state index contributed by atoms with van der Waals surface area (Å²) in [5, 5.41) is 8.87. The second-order valence-corrected chi connectivity index (χ2v) is 7.80. The number of carbonyl (C=O) groups is 2. The summed E-state index contributed by atoms with van der Waals surface area (Å²) in [6.07, 6.45) is -0.804. The molecule has 0 spiro atoms. The number of likely N-dealkylation sites (N-methyl/N-ethyl adjacent to an activating group) is 1. The van der Waals surface area contributed by atoms with Crippen LogP contribution in [-0.4, -0.2) is 78.8 Å². The van der Waals surface area contributed by atoms with Crippen LogP contribution in [0.5, 0.6) is 5.75 Å². The third kappa shape index (κ3) is 6.21. The van der Waals surface area contributed by atoms with Crippen molar-refractivity contribution in [2.45, 2.75) is 45.8 Å². The number of rotatable bonds is 8. The van der Waals surface area contributed by atoms with E-state index in [0.29, 0.717) is 37.9 Å². The van der Waals surface area contributed by atoms with E-state index in [-0.39, 0.29) is 18.6 Å². The maximum absolute atomic E-state index is 12.8. The Morgan fingerprint density at radius 1 is 1.36 bits per heavy atom. The van der Waals surface area contributed by atoms with Crippen LogP contribution in [0.3, 0.4) is 0 Å². The lowest BCUT2D eigenvalue weighted by Crippen LogP contribution is -2.52. The van der Waals surface area contributed by atoms with Gasteiger partial charge in [-0.3, -0.25) is 14.5 Å². The lowest BCUT2D eigenvalue weighted by Gasteiger charge is -2.35. The Hall–Kier alpha value is -2.12. The second kappa shape index (κ2) is 9.89. The average Bonchev–Trinajstić information content (AvgIpc) is 2.60. The van der Waals surface area contributed by atoms with Gasteiger partial charge in [-0.05, 0) is 50.1 Å². The molecular weight excluding hydrogens is 360 g/mol. The summed E-state index contributed by atoms with van der Waals surface area (Å²) < 4.78 is 11.6. The molecule has 1 fully saturated rings. The highest BCUT2D eigenvalue weighted by atomic mass is 16.5. The van der Waals surface area contributed by atoms with Crippen molar-refractivity contribution < 1.29 is 24.2 Å². The number of morpholine rings is 1. The Kier molecular flexibility index (Phi) is 7.83. The molecule has 1 aliphatic heterocycles. The smallest absolute Gasteiger partial charge is 0.317 e. The van der Waals surface area contributed by atoms with Gasteiger partial charge in [-0.25, -0.2) is 0 Å². The highest BCUT2D eigenvalue weighted by Crippen LogP contribution is 2.24. The minimum atomic E-state index is -0.882. The zero-order valence-electron chi connectivity index (χ0n) is 17.5. The standard InChI is InChI=1S/C21H32N2O5/c1-14(2)19-7-6-17(10-15(19)3)28-16(4)21(26)23-8-9-27-18(12-23)11-22(5)13-20(24)25/h6-7,10,14,16,18H,8-9,11-13H2,1-5H3,(H,24,25). The molecule has 1 heterocycles. The van der Waals surface area contributed by atoms with Crippen LogP contribution in [-0.2, 0) is 14.3 Å². The first-order valence-corrected chi connectivity index (χ1v) is 9.75. The number of aliphatic carboxylic acids is 1. The van der Waals surface area contributed by atoms with E-state index in [1.165, 1.54) is 5.56 Å². The minimum Gasteiger partial charge on any atom is -0.481 e. The van der Waals surface area contributed by atoms with Gasteiger partial charge in [0.2, 0.25) is 0 Å². The number of hydrogen-bond acceptors (Lipinski definition) is 5. The van der Waals surface area contributed by atoms with Crippen LogP contribution >= 0.6 is 0 Å². The van der Waals surface area contributed by atoms with E-state index in [1.807, 2.05) is 12.1 Å². The molecule has 2 atom stereocenters. The SMILES string of the molecule is Cc1cc(OC(C)C(=O)N2CCOC(CN(C)CC(=O)O)C2)ccc1C(C)C. The Morgan fingerprint density at radius 3 is 2.68 bits per heavy atom. The first-order chi connectivity index (χ1) is 13.2. The molecule has 0 aliphatic carbocycles. The molecule has 1 aromatic carbocycles. The molecule has 7 heteroatoms. The van der Waals surface area contributed by atoms with E-state index >= 15 is 0 Å². The first-order valence-electron chi connectivity index (χ1n) is 9.75. The fourth-order valence-electron chi connectivity index (χ4n) is 3.55. The zero-order chi connectivity index (χ0) is 20.8. The van der Waals surface area contributed by atoms with Gasteiger partial charge >= 0.3 is 5.97 Å². The van der Waals surface area contributed by atoms with Gasteiger partial charge in [0, 0.05) is 19.6 Å². The van der Waals surface area contributed by atoms with Gasteiger partial charge in [0.15, 0.2) is 6.10 Å². The molecule has 1 aliphatic rings. The van der Waals surface area contributed by atoms with Gasteiger partial charge in [0.1, 0.15) is 5.75 Å². The van der Waals surface area contributed by atoms with Gasteiger partial charge in [0.05, 0.1) is 19.3 Å². The molecule has 7 nitrogen and oxygen atoms in total. The summed E-state index contributed by atoms with van der Waals surface area (Å²) in [7, 11) is 1.73. The Bertz CT molecular complexity index is 691. The van der Waals surface area contributed by atoms with Crippen molar-refractivity contribution in [1.82, 2.24) is 9.80 Å². The fraction of sp³-hybridized carbons (Fsp3) is 0.619. The number of carboxylic acid groups (broad SMARTS) is 1. The summed E-state index contributed by atoms with van der Waals surface area (Å²) in [5.74, 6) is 0.165. The molecule has 0 bridgehead atoms. The topological polar surface area (TPSA) is 79.3 Å². The third-order valence-electron chi connectivity index (χ3n) is 4.89. The van der Waals surface area contributed by atoms with Crippen LogP contribution in [0.4, 0.5) is 0 Å². The number of carboxylic acids is 1. The van der Waals surface area contributed by atoms with Crippen LogP contribution in [0.2, 0.25) is 0 Å². The first kappa shape index (κ1) is 22.2. The molecule has 1 aromatic rings. The van der Waals surface area contributed by atoms with Gasteiger partial charge in [-0.1, -0.05) is 19.9 Å². The van der Waals surface area contributed by atoms with Crippen LogP contribution in [0.1, 0.15) is 37.8 Å². The van der Waals surface area contributed by atoms with Crippen molar-refractivity contribution in [3.63, 3.8) is 0 Å². The van der Waals surface area contributed by atoms with Gasteiger partial charge in [-0.2, -0.15) is 0 Å². The van der Waals surface area contributed by atoms with Gasteiger partial charge in [0.25, 0.3) is 5.91 Å². The van der Waals surface area contributed by atoms with Crippen molar-refractivity contribution in [1.29, 1.82) is 0 Å². The van der Waals surface area contributed by atoms with E-state index in [1.54, 1.807) is 23.8 Å². The highest BCUT2D eigenvalue weighted by molar-refractivity contribution is 5.81. The predicted octanol–water partition coefficient (Wildman–Crippen LogP) is 2.13. The Balaban J connectivity index is 1.93. The molecule has 1 saturated heterocycles. The van der Waals surface area contributed by atoms with E-state index < -0.39 is 12.1 Å². The molecule has 0 aromatic heterocycles. The number of nitrogens with zero attached hydrogens (tertiary/aromatic N) is 2. The van der Waals surface area contributed by atoms with E-state index in [2.05, 4.69) is 26.8 Å². The molecule has 0 radical (unpaired) electrons. The number of hydrogen-bond donors (Lipinski definition) is 1. The van der Waals surface area contributed by atoms with Gasteiger partial charge in [-0.15, -0.1) is 0 Å². The molecular formula is C21H32N2O5. The number of aryl methyl sites for hydroxylation is 1. The second-order valence-electron chi connectivity index (χ2n) is 7.80. The maximum Gasteiger partial charge on any atom is 0.317 e. The van der Waals surface area contributed by atoms with E-state index in [0.717, 1.165) is 5.56 Å². The molecule has 0 saturated carbocycles. The van der Waals surface area contributed by atoms with Crippen LogP contribution in [0, 0.1) is 6.92 Å².